The van der Waals surface area contributed by atoms with Crippen LogP contribution < -0.4 is 0 Å². The molecule has 10 heteroatoms. The zero-order valence-corrected chi connectivity index (χ0v) is 13.9. The molecule has 0 amide bonds. The number of alkyl halides is 3. The van der Waals surface area contributed by atoms with Crippen LogP contribution in [0.3, 0.4) is 0 Å². The van der Waals surface area contributed by atoms with Crippen molar-refractivity contribution in [3.8, 4) is 11.3 Å². The minimum Gasteiger partial charge on any atom is -0.464 e. The van der Waals surface area contributed by atoms with E-state index in [1.807, 2.05) is 0 Å². The molecule has 1 aromatic carbocycles. The van der Waals surface area contributed by atoms with Crippen molar-refractivity contribution in [1.82, 2.24) is 14.6 Å². The van der Waals surface area contributed by atoms with Gasteiger partial charge in [0.25, 0.3) is 0 Å². The third-order valence-electron chi connectivity index (χ3n) is 3.33. The van der Waals surface area contributed by atoms with Gasteiger partial charge < -0.3 is 4.74 Å². The van der Waals surface area contributed by atoms with E-state index in [4.69, 9.17) is 23.2 Å². The molecular weight excluding hydrogens is 382 g/mol. The molecule has 0 atom stereocenters. The number of aromatic nitrogens is 3. The number of ether oxygens (including phenoxy) is 1. The maximum absolute atomic E-state index is 13.4. The fourth-order valence-electron chi connectivity index (χ4n) is 2.18. The van der Waals surface area contributed by atoms with E-state index in [0.29, 0.717) is 10.1 Å². The van der Waals surface area contributed by atoms with Gasteiger partial charge in [0.1, 0.15) is 0 Å². The van der Waals surface area contributed by atoms with Crippen molar-refractivity contribution in [2.45, 2.75) is 6.18 Å². The maximum Gasteiger partial charge on any atom is 0.433 e. The molecule has 0 aliphatic carbocycles. The van der Waals surface area contributed by atoms with Crippen LogP contribution >= 0.6 is 23.2 Å². The fourth-order valence-corrected chi connectivity index (χ4v) is 2.48. The van der Waals surface area contributed by atoms with Gasteiger partial charge in [-0.05, 0) is 18.2 Å². The highest BCUT2D eigenvalue weighted by atomic mass is 35.5. The van der Waals surface area contributed by atoms with Gasteiger partial charge >= 0.3 is 12.1 Å². The van der Waals surface area contributed by atoms with Gasteiger partial charge in [0.15, 0.2) is 17.0 Å². The summed E-state index contributed by atoms with van der Waals surface area (Å²) < 4.78 is 45.2. The number of halogens is 5. The second kappa shape index (κ2) is 6.20. The number of carbonyl (C=O) groups excluding carboxylic acids is 1. The van der Waals surface area contributed by atoms with Crippen LogP contribution in [0.1, 0.15) is 16.2 Å². The van der Waals surface area contributed by atoms with Gasteiger partial charge in [0, 0.05) is 11.6 Å². The Labute approximate surface area is 148 Å². The first-order valence-corrected chi connectivity index (χ1v) is 7.48. The first kappa shape index (κ1) is 17.5. The zero-order chi connectivity index (χ0) is 18.4. The second-order valence-electron chi connectivity index (χ2n) is 4.94. The Morgan fingerprint density at radius 2 is 1.88 bits per heavy atom. The van der Waals surface area contributed by atoms with E-state index in [2.05, 4.69) is 14.8 Å². The number of carbonyl (C=O) groups is 1. The van der Waals surface area contributed by atoms with Crippen LogP contribution in [0.5, 0.6) is 0 Å². The van der Waals surface area contributed by atoms with E-state index in [1.54, 1.807) is 0 Å². The van der Waals surface area contributed by atoms with Crippen molar-refractivity contribution in [3.05, 3.63) is 51.8 Å². The van der Waals surface area contributed by atoms with E-state index >= 15 is 0 Å². The number of nitrogens with zero attached hydrogens (tertiary/aromatic N) is 3. The third kappa shape index (κ3) is 3.27. The highest BCUT2D eigenvalue weighted by Crippen LogP contribution is 2.34. The molecular formula is C15H8Cl2F3N3O2. The van der Waals surface area contributed by atoms with Crippen molar-refractivity contribution >= 4 is 34.8 Å². The fraction of sp³-hybridized carbons (Fsp3) is 0.133. The van der Waals surface area contributed by atoms with Crippen LogP contribution in [0.4, 0.5) is 13.2 Å². The first-order chi connectivity index (χ1) is 11.7. The smallest absolute Gasteiger partial charge is 0.433 e. The molecule has 25 heavy (non-hydrogen) atoms. The number of benzene rings is 1. The minimum absolute atomic E-state index is 0.00899. The Kier molecular flexibility index (Phi) is 4.34. The Balaban J connectivity index is 2.27. The van der Waals surface area contributed by atoms with E-state index < -0.39 is 17.8 Å². The lowest BCUT2D eigenvalue weighted by Crippen LogP contribution is -2.14. The number of rotatable bonds is 2. The summed E-state index contributed by atoms with van der Waals surface area (Å²) in [6, 6.07) is 6.28. The lowest BCUT2D eigenvalue weighted by atomic mass is 10.1. The summed E-state index contributed by atoms with van der Waals surface area (Å²) in [7, 11) is 1.10. The van der Waals surface area contributed by atoms with Gasteiger partial charge in [-0.25, -0.2) is 14.3 Å². The van der Waals surface area contributed by atoms with Crippen LogP contribution in [0.15, 0.2) is 30.3 Å². The normalized spacial score (nSPS) is 11.8. The van der Waals surface area contributed by atoms with Gasteiger partial charge in [-0.15, -0.1) is 0 Å². The molecule has 0 radical (unpaired) electrons. The number of fused-ring (bicyclic) bond motifs is 1. The second-order valence-corrected chi connectivity index (χ2v) is 5.76. The Hall–Kier alpha value is -2.32. The van der Waals surface area contributed by atoms with Crippen molar-refractivity contribution in [2.75, 3.05) is 7.11 Å². The van der Waals surface area contributed by atoms with E-state index in [-0.39, 0.29) is 27.1 Å². The molecule has 3 aromatic rings. The maximum atomic E-state index is 13.4. The van der Waals surface area contributed by atoms with Crippen LogP contribution in [-0.2, 0) is 10.9 Å². The van der Waals surface area contributed by atoms with E-state index in [0.717, 1.165) is 19.2 Å². The summed E-state index contributed by atoms with van der Waals surface area (Å²) in [5.74, 6) is -0.866. The average Bonchev–Trinajstić information content (AvgIpc) is 2.98. The third-order valence-corrected chi connectivity index (χ3v) is 4.07. The standard InChI is InChI=1S/C15H8Cl2F3N3O2/c1-25-14(24)11-6-13-21-10(7-2-3-8(16)9(17)4-7)5-12(15(18,19)20)23(13)22-11/h2-6H,1H3. The van der Waals surface area contributed by atoms with Crippen molar-refractivity contribution < 1.29 is 22.7 Å². The summed E-state index contributed by atoms with van der Waals surface area (Å²) in [6.07, 6.45) is -4.72. The van der Waals surface area contributed by atoms with Crippen LogP contribution in [-0.4, -0.2) is 27.7 Å². The van der Waals surface area contributed by atoms with Gasteiger partial charge in [-0.3, -0.25) is 0 Å². The number of esters is 1. The number of methoxy groups -OCH3 is 1. The van der Waals surface area contributed by atoms with Gasteiger partial charge in [-0.2, -0.15) is 18.3 Å². The molecule has 0 aliphatic rings. The quantitative estimate of drug-likeness (QED) is 0.605. The summed E-state index contributed by atoms with van der Waals surface area (Å²) >= 11 is 11.7. The lowest BCUT2D eigenvalue weighted by molar-refractivity contribution is -0.142. The molecule has 0 N–H and O–H groups in total. The van der Waals surface area contributed by atoms with Gasteiger partial charge in [0.2, 0.25) is 0 Å². The summed E-state index contributed by atoms with van der Waals surface area (Å²) in [4.78, 5) is 15.7. The van der Waals surface area contributed by atoms with E-state index in [9.17, 15) is 18.0 Å². The van der Waals surface area contributed by atoms with Crippen LogP contribution in [0, 0.1) is 0 Å². The topological polar surface area (TPSA) is 56.5 Å². The summed E-state index contributed by atoms with van der Waals surface area (Å²) in [6.45, 7) is 0. The highest BCUT2D eigenvalue weighted by molar-refractivity contribution is 6.42. The molecule has 0 saturated carbocycles. The van der Waals surface area contributed by atoms with Crippen molar-refractivity contribution in [2.24, 2.45) is 0 Å². The van der Waals surface area contributed by atoms with Gasteiger partial charge in [-0.1, -0.05) is 29.3 Å². The Morgan fingerprint density at radius 3 is 2.48 bits per heavy atom. The summed E-state index contributed by atoms with van der Waals surface area (Å²) in [5, 5.41) is 4.07. The van der Waals surface area contributed by atoms with Crippen LogP contribution in [0.25, 0.3) is 16.9 Å². The highest BCUT2D eigenvalue weighted by Gasteiger charge is 2.35. The molecule has 5 nitrogen and oxygen atoms in total. The average molecular weight is 390 g/mol. The summed E-state index contributed by atoms with van der Waals surface area (Å²) in [5.41, 5.74) is -1.19. The molecule has 0 spiro atoms. The number of hydrogen-bond donors (Lipinski definition) is 0. The Bertz CT molecular complexity index is 986. The molecule has 0 bridgehead atoms. The molecule has 0 saturated heterocycles. The zero-order valence-electron chi connectivity index (χ0n) is 12.4. The Morgan fingerprint density at radius 1 is 1.16 bits per heavy atom. The van der Waals surface area contributed by atoms with Crippen molar-refractivity contribution in [3.63, 3.8) is 0 Å². The molecule has 130 valence electrons. The van der Waals surface area contributed by atoms with E-state index in [1.165, 1.54) is 18.2 Å². The lowest BCUT2D eigenvalue weighted by Gasteiger charge is -2.11. The minimum atomic E-state index is -4.72. The monoisotopic (exact) mass is 389 g/mol. The largest absolute Gasteiger partial charge is 0.464 e. The predicted octanol–water partition coefficient (Wildman–Crippen LogP) is 4.51. The first-order valence-electron chi connectivity index (χ1n) is 6.72. The molecule has 2 aromatic heterocycles. The predicted molar refractivity (Wildman–Crippen MR) is 84.8 cm³/mol. The molecule has 0 fully saturated rings. The molecule has 0 unspecified atom stereocenters. The van der Waals surface area contributed by atoms with Crippen LogP contribution in [0.2, 0.25) is 10.0 Å². The van der Waals surface area contributed by atoms with Crippen molar-refractivity contribution in [1.29, 1.82) is 0 Å². The molecule has 2 heterocycles. The SMILES string of the molecule is COC(=O)c1cc2nc(-c3ccc(Cl)c(Cl)c3)cc(C(F)(F)F)n2n1. The van der Waals surface area contributed by atoms with Gasteiger partial charge in [0.05, 0.1) is 22.8 Å². The molecule has 0 aliphatic heterocycles. The molecule has 3 rings (SSSR count). The number of hydrogen-bond acceptors (Lipinski definition) is 4.